The van der Waals surface area contributed by atoms with E-state index in [9.17, 15) is 9.18 Å². The van der Waals surface area contributed by atoms with E-state index in [4.69, 9.17) is 11.0 Å². The standard InChI is InChI=1S/C18H17FN8O/c19-13-9-27(18-24-6-10(5-20)7-25-18)4-2-14(13)26-15-11-1-3-22-17(11)23-8-12(15)16(21)28/h1,3,6-8,13-14H,2,4,9H2,(H2,21,28)(H2,22,23,26)/t13-,14?/m0/s1. The summed E-state index contributed by atoms with van der Waals surface area (Å²) in [6, 6.07) is 3.22. The molecule has 3 aromatic heterocycles. The number of aromatic nitrogens is 4. The van der Waals surface area contributed by atoms with Gasteiger partial charge in [-0.25, -0.2) is 19.3 Å². The van der Waals surface area contributed by atoms with Crippen molar-refractivity contribution < 1.29 is 9.18 Å². The van der Waals surface area contributed by atoms with Crippen molar-refractivity contribution in [3.05, 3.63) is 42.0 Å². The van der Waals surface area contributed by atoms with E-state index in [1.165, 1.54) is 18.6 Å². The van der Waals surface area contributed by atoms with Gasteiger partial charge in [0.2, 0.25) is 5.95 Å². The fourth-order valence-electron chi connectivity index (χ4n) is 3.33. The number of rotatable bonds is 4. The summed E-state index contributed by atoms with van der Waals surface area (Å²) in [6.45, 7) is 0.619. The van der Waals surface area contributed by atoms with E-state index in [0.29, 0.717) is 41.2 Å². The van der Waals surface area contributed by atoms with Crippen molar-refractivity contribution in [3.8, 4) is 6.07 Å². The summed E-state index contributed by atoms with van der Waals surface area (Å²) in [6.07, 6.45) is 5.16. The van der Waals surface area contributed by atoms with E-state index < -0.39 is 18.1 Å². The van der Waals surface area contributed by atoms with Crippen LogP contribution in [0.1, 0.15) is 22.3 Å². The number of nitrogens with one attached hydrogen (secondary N) is 2. The third-order valence-electron chi connectivity index (χ3n) is 4.77. The molecule has 1 aliphatic rings. The van der Waals surface area contributed by atoms with Gasteiger partial charge in [-0.15, -0.1) is 0 Å². The molecule has 1 aliphatic heterocycles. The second-order valence-corrected chi connectivity index (χ2v) is 6.54. The highest BCUT2D eigenvalue weighted by Crippen LogP contribution is 2.29. The monoisotopic (exact) mass is 380 g/mol. The predicted octanol–water partition coefficient (Wildman–Crippen LogP) is 1.35. The second-order valence-electron chi connectivity index (χ2n) is 6.54. The Morgan fingerprint density at radius 1 is 1.36 bits per heavy atom. The smallest absolute Gasteiger partial charge is 0.252 e. The molecule has 0 bridgehead atoms. The molecular formula is C18H17FN8O. The lowest BCUT2D eigenvalue weighted by Gasteiger charge is -2.35. The van der Waals surface area contributed by atoms with Crippen LogP contribution >= 0.6 is 0 Å². The van der Waals surface area contributed by atoms with Crippen molar-refractivity contribution in [2.24, 2.45) is 5.73 Å². The molecule has 4 N–H and O–H groups in total. The highest BCUT2D eigenvalue weighted by molar-refractivity contribution is 6.06. The third kappa shape index (κ3) is 3.18. The molecule has 4 rings (SSSR count). The largest absolute Gasteiger partial charge is 0.378 e. The maximum atomic E-state index is 14.9. The molecule has 0 saturated carbocycles. The van der Waals surface area contributed by atoms with Crippen molar-refractivity contribution in [2.75, 3.05) is 23.3 Å². The highest BCUT2D eigenvalue weighted by atomic mass is 19.1. The minimum atomic E-state index is -1.23. The lowest BCUT2D eigenvalue weighted by molar-refractivity contribution is 0.100. The van der Waals surface area contributed by atoms with Gasteiger partial charge >= 0.3 is 0 Å². The molecule has 1 saturated heterocycles. The summed E-state index contributed by atoms with van der Waals surface area (Å²) in [5.41, 5.74) is 7.11. The molecule has 1 fully saturated rings. The Morgan fingerprint density at radius 3 is 2.82 bits per heavy atom. The average molecular weight is 380 g/mol. The van der Waals surface area contributed by atoms with Crippen LogP contribution < -0.4 is 16.0 Å². The van der Waals surface area contributed by atoms with Crippen LogP contribution in [-0.4, -0.2) is 51.1 Å². The number of aromatic amines is 1. The normalized spacial score (nSPS) is 19.4. The number of alkyl halides is 1. The summed E-state index contributed by atoms with van der Waals surface area (Å²) < 4.78 is 14.9. The number of piperidine rings is 1. The van der Waals surface area contributed by atoms with Crippen LogP contribution in [-0.2, 0) is 0 Å². The maximum Gasteiger partial charge on any atom is 0.252 e. The molecule has 3 aromatic rings. The lowest BCUT2D eigenvalue weighted by Crippen LogP contribution is -2.48. The Morgan fingerprint density at radius 2 is 2.14 bits per heavy atom. The van der Waals surface area contributed by atoms with Crippen LogP contribution in [0.5, 0.6) is 0 Å². The minimum absolute atomic E-state index is 0.0941. The molecule has 28 heavy (non-hydrogen) atoms. The number of H-pyrrole nitrogens is 1. The maximum absolute atomic E-state index is 14.9. The Kier molecular flexibility index (Phi) is 4.49. The Hall–Kier alpha value is -3.74. The number of halogens is 1. The number of hydrogen-bond acceptors (Lipinski definition) is 7. The van der Waals surface area contributed by atoms with Gasteiger partial charge in [-0.3, -0.25) is 4.79 Å². The molecule has 0 radical (unpaired) electrons. The summed E-state index contributed by atoms with van der Waals surface area (Å²) in [7, 11) is 0. The number of hydrogen-bond donors (Lipinski definition) is 3. The summed E-state index contributed by atoms with van der Waals surface area (Å²) in [5, 5.41) is 12.7. The Bertz CT molecular complexity index is 1060. The predicted molar refractivity (Wildman–Crippen MR) is 100 cm³/mol. The van der Waals surface area contributed by atoms with Gasteiger partial charge in [0, 0.05) is 24.3 Å². The van der Waals surface area contributed by atoms with Gasteiger partial charge in [-0.05, 0) is 12.5 Å². The third-order valence-corrected chi connectivity index (χ3v) is 4.77. The molecule has 0 spiro atoms. The van der Waals surface area contributed by atoms with E-state index in [2.05, 4.69) is 25.3 Å². The molecule has 1 amide bonds. The quantitative estimate of drug-likeness (QED) is 0.621. The first-order chi connectivity index (χ1) is 13.6. The number of carbonyl (C=O) groups excluding carboxylic acids is 1. The molecule has 2 atom stereocenters. The first kappa shape index (κ1) is 17.7. The number of amides is 1. The van der Waals surface area contributed by atoms with E-state index in [1.807, 2.05) is 6.07 Å². The fraction of sp³-hybridized carbons (Fsp3) is 0.278. The van der Waals surface area contributed by atoms with Gasteiger partial charge in [-0.1, -0.05) is 0 Å². The number of nitrogens with two attached hydrogens (primary N) is 1. The number of anilines is 2. The first-order valence-electron chi connectivity index (χ1n) is 8.70. The molecule has 4 heterocycles. The van der Waals surface area contributed by atoms with Gasteiger partial charge in [0.05, 0.1) is 41.8 Å². The summed E-state index contributed by atoms with van der Waals surface area (Å²) in [4.78, 5) is 28.9. The zero-order chi connectivity index (χ0) is 19.7. The van der Waals surface area contributed by atoms with E-state index >= 15 is 0 Å². The number of nitrogens with zero attached hydrogens (tertiary/aromatic N) is 5. The minimum Gasteiger partial charge on any atom is -0.378 e. The second kappa shape index (κ2) is 7.11. The van der Waals surface area contributed by atoms with Crippen LogP contribution in [0.4, 0.5) is 16.0 Å². The van der Waals surface area contributed by atoms with E-state index in [0.717, 1.165) is 0 Å². The van der Waals surface area contributed by atoms with Crippen molar-refractivity contribution in [2.45, 2.75) is 18.6 Å². The Balaban J connectivity index is 1.54. The van der Waals surface area contributed by atoms with Crippen LogP contribution in [0, 0.1) is 11.3 Å². The molecule has 9 nitrogen and oxygen atoms in total. The molecule has 0 aliphatic carbocycles. The van der Waals surface area contributed by atoms with Crippen molar-refractivity contribution >= 4 is 28.6 Å². The summed E-state index contributed by atoms with van der Waals surface area (Å²) >= 11 is 0. The topological polar surface area (TPSA) is 137 Å². The summed E-state index contributed by atoms with van der Waals surface area (Å²) in [5.74, 6) is -0.244. The molecule has 0 aromatic carbocycles. The van der Waals surface area contributed by atoms with Gasteiger partial charge in [0.1, 0.15) is 17.9 Å². The van der Waals surface area contributed by atoms with Crippen molar-refractivity contribution in [1.29, 1.82) is 5.26 Å². The first-order valence-corrected chi connectivity index (χ1v) is 8.70. The number of fused-ring (bicyclic) bond motifs is 1. The van der Waals surface area contributed by atoms with E-state index in [-0.39, 0.29) is 12.1 Å². The number of carbonyl (C=O) groups is 1. The number of nitriles is 1. The van der Waals surface area contributed by atoms with Crippen LogP contribution in [0.3, 0.4) is 0 Å². The number of primary amides is 1. The van der Waals surface area contributed by atoms with Crippen molar-refractivity contribution in [3.63, 3.8) is 0 Å². The van der Waals surface area contributed by atoms with Gasteiger partial charge in [-0.2, -0.15) is 5.26 Å². The average Bonchev–Trinajstić information content (AvgIpc) is 3.18. The van der Waals surface area contributed by atoms with Gasteiger partial charge in [0.25, 0.3) is 5.91 Å². The zero-order valence-electron chi connectivity index (χ0n) is 14.8. The van der Waals surface area contributed by atoms with E-state index in [1.54, 1.807) is 17.2 Å². The number of pyridine rings is 1. The highest BCUT2D eigenvalue weighted by Gasteiger charge is 2.31. The van der Waals surface area contributed by atoms with Crippen LogP contribution in [0.15, 0.2) is 30.9 Å². The van der Waals surface area contributed by atoms with Gasteiger partial charge in [0.15, 0.2) is 0 Å². The lowest BCUT2D eigenvalue weighted by atomic mass is 10.0. The fourth-order valence-corrected chi connectivity index (χ4v) is 3.33. The van der Waals surface area contributed by atoms with Crippen molar-refractivity contribution in [1.82, 2.24) is 19.9 Å². The SMILES string of the molecule is N#Cc1cnc(N2CCC(Nc3c(C(N)=O)cnc4[nH]ccc34)[C@@H](F)C2)nc1. The Labute approximate surface area is 159 Å². The zero-order valence-corrected chi connectivity index (χ0v) is 14.8. The van der Waals surface area contributed by atoms with Crippen LogP contribution in [0.2, 0.25) is 0 Å². The van der Waals surface area contributed by atoms with Gasteiger partial charge < -0.3 is 20.9 Å². The molecule has 142 valence electrons. The van der Waals surface area contributed by atoms with Crippen LogP contribution in [0.25, 0.3) is 11.0 Å². The molecular weight excluding hydrogens is 363 g/mol. The molecule has 10 heteroatoms. The molecule has 1 unspecified atom stereocenters.